The summed E-state index contributed by atoms with van der Waals surface area (Å²) in [7, 11) is 0. The van der Waals surface area contributed by atoms with E-state index in [0.29, 0.717) is 12.8 Å². The number of aliphatic hydroxyl groups is 11. The van der Waals surface area contributed by atoms with Crippen molar-refractivity contribution in [3.8, 4) is 0 Å². The Labute approximate surface area is 514 Å². The molecule has 23 nitrogen and oxygen atoms in total. The van der Waals surface area contributed by atoms with E-state index in [2.05, 4.69) is 24.5 Å². The summed E-state index contributed by atoms with van der Waals surface area (Å²) in [5.74, 6) is -6.52. The van der Waals surface area contributed by atoms with Crippen molar-refractivity contribution in [2.45, 2.75) is 317 Å². The zero-order valence-electron chi connectivity index (χ0n) is 50.3. The predicted octanol–water partition coefficient (Wildman–Crippen LogP) is -1.17. The van der Waals surface area contributed by atoms with Gasteiger partial charge in [-0.25, -0.2) is 0 Å². The SMILES string of the molecule is CCCCCCCCCCCCC/C=C/C(O)C(COC1OC(CO)C(OC2OC(CO)C(O)C(OC3(C(=O)[O-])CC(O)C(NC(C)=O)C(C(O)C(O)CO)O3)C2O)C(O)C1O)NC(=O)CCCCCCCCCCCCCCCCC.[Na+]. The second kappa shape index (κ2) is 44.0. The van der Waals surface area contributed by atoms with E-state index in [1.165, 1.54) is 116 Å². The number of hydrogen-bond donors (Lipinski definition) is 13. The standard InChI is InChI=1S/C59H108N2O21.Na/c1-4-6-8-10-12-14-16-18-19-21-23-25-27-29-31-33-46(69)61-40(41(66)32-30-28-26-24-22-20-17-15-13-11-9-7-5-2)38-77-56-51(73)50(72)53(45(37-64)79-56)80-57-52(74)55(49(71)44(36-63)78-57)82-59(58(75)76)34-42(67)47(60-39(3)65)54(81-59)48(70)43(68)35-62;/h30,32,40-45,47-57,62-64,66-68,70-74H,4-29,31,33-38H2,1-3H3,(H,60,65)(H,61,69)(H,75,76);/q;+1/p-1/b32-30+;. The minimum atomic E-state index is -3.19. The Morgan fingerprint density at radius 2 is 1.14 bits per heavy atom. The molecule has 3 heterocycles. The van der Waals surface area contributed by atoms with Crippen LogP contribution in [0.25, 0.3) is 0 Å². The van der Waals surface area contributed by atoms with Crippen LogP contribution in [0.5, 0.6) is 0 Å². The molecule has 3 rings (SSSR count). The van der Waals surface area contributed by atoms with Crippen LogP contribution in [0.4, 0.5) is 0 Å². The normalized spacial score (nSPS) is 29.9. The number of carboxylic acids is 1. The van der Waals surface area contributed by atoms with E-state index in [9.17, 15) is 75.7 Å². The number of ether oxygens (including phenoxy) is 6. The van der Waals surface area contributed by atoms with Gasteiger partial charge in [0.15, 0.2) is 12.6 Å². The molecule has 0 spiro atoms. The van der Waals surface area contributed by atoms with E-state index in [1.54, 1.807) is 6.08 Å². The van der Waals surface area contributed by atoms with Crippen molar-refractivity contribution in [3.63, 3.8) is 0 Å². The largest absolute Gasteiger partial charge is 1.00 e. The van der Waals surface area contributed by atoms with Crippen LogP contribution in [0.2, 0.25) is 0 Å². The van der Waals surface area contributed by atoms with Gasteiger partial charge in [-0.15, -0.1) is 0 Å². The second-order valence-electron chi connectivity index (χ2n) is 22.9. The Morgan fingerprint density at radius 3 is 1.63 bits per heavy atom. The van der Waals surface area contributed by atoms with Gasteiger partial charge in [0.05, 0.1) is 50.7 Å². The van der Waals surface area contributed by atoms with E-state index in [4.69, 9.17) is 28.4 Å². The third-order valence-corrected chi connectivity index (χ3v) is 15.9. The maximum Gasteiger partial charge on any atom is 1.00 e. The molecule has 13 N–H and O–H groups in total. The van der Waals surface area contributed by atoms with Gasteiger partial charge >= 0.3 is 29.6 Å². The van der Waals surface area contributed by atoms with Crippen LogP contribution in [0, 0.1) is 0 Å². The third kappa shape index (κ3) is 27.4. The number of carboxylic acid groups (broad SMARTS) is 1. The number of amides is 2. The molecule has 18 atom stereocenters. The number of aliphatic hydroxyl groups excluding tert-OH is 11. The number of rotatable bonds is 45. The molecule has 0 aromatic heterocycles. The molecule has 3 aliphatic heterocycles. The average molecular weight is 1200 g/mol. The summed E-state index contributed by atoms with van der Waals surface area (Å²) in [4.78, 5) is 38.2. The molecule has 83 heavy (non-hydrogen) atoms. The topological polar surface area (TPSA) is 376 Å². The van der Waals surface area contributed by atoms with Gasteiger partial charge in [-0.1, -0.05) is 180 Å². The van der Waals surface area contributed by atoms with Crippen molar-refractivity contribution in [1.29, 1.82) is 0 Å². The van der Waals surface area contributed by atoms with Crippen LogP contribution in [-0.2, 0) is 42.8 Å². The first kappa shape index (κ1) is 77.6. The van der Waals surface area contributed by atoms with E-state index in [0.717, 1.165) is 51.9 Å². The van der Waals surface area contributed by atoms with Crippen LogP contribution < -0.4 is 45.3 Å². The molecule has 2 amide bonds. The summed E-state index contributed by atoms with van der Waals surface area (Å²) < 4.78 is 34.5. The van der Waals surface area contributed by atoms with Crippen molar-refractivity contribution >= 4 is 17.8 Å². The van der Waals surface area contributed by atoms with Crippen LogP contribution >= 0.6 is 0 Å². The molecule has 24 heteroatoms. The van der Waals surface area contributed by atoms with E-state index in [1.807, 2.05) is 6.08 Å². The van der Waals surface area contributed by atoms with Gasteiger partial charge in [0.2, 0.25) is 17.6 Å². The Balaban J connectivity index is 0.0000235. The van der Waals surface area contributed by atoms with Crippen LogP contribution in [0.15, 0.2) is 12.2 Å². The first-order valence-corrected chi connectivity index (χ1v) is 31.0. The molecular weight excluding hydrogens is 1100 g/mol. The summed E-state index contributed by atoms with van der Waals surface area (Å²) in [5.41, 5.74) is 0. The quantitative estimate of drug-likeness (QED) is 0.0194. The Kier molecular flexibility index (Phi) is 41.1. The maximum absolute atomic E-state index is 13.4. The van der Waals surface area contributed by atoms with Crippen molar-refractivity contribution < 1.29 is 134 Å². The second-order valence-corrected chi connectivity index (χ2v) is 22.9. The summed E-state index contributed by atoms with van der Waals surface area (Å²) in [5, 5.41) is 138. The molecule has 0 saturated carbocycles. The minimum Gasteiger partial charge on any atom is -0.544 e. The van der Waals surface area contributed by atoms with Crippen molar-refractivity contribution in [1.82, 2.24) is 10.6 Å². The number of carbonyl (C=O) groups is 3. The number of unbranched alkanes of at least 4 members (excludes halogenated alkanes) is 25. The summed E-state index contributed by atoms with van der Waals surface area (Å²) in [6.45, 7) is 2.04. The average Bonchev–Trinajstić information content (AvgIpc) is 3.65. The summed E-state index contributed by atoms with van der Waals surface area (Å²) in [6, 6.07) is -2.64. The molecule has 3 aliphatic rings. The van der Waals surface area contributed by atoms with Gasteiger partial charge < -0.3 is 105 Å². The van der Waals surface area contributed by atoms with Crippen molar-refractivity contribution in [3.05, 3.63) is 12.2 Å². The molecule has 0 radical (unpaired) electrons. The van der Waals surface area contributed by atoms with Gasteiger partial charge in [-0.05, 0) is 19.3 Å². The number of carbonyl (C=O) groups excluding carboxylic acids is 3. The summed E-state index contributed by atoms with van der Waals surface area (Å²) in [6.07, 6.45) is 5.17. The molecular formula is C59H107N2NaO21. The fraction of sp³-hybridized carbons (Fsp3) is 0.915. The Bertz CT molecular complexity index is 1740. The fourth-order valence-electron chi connectivity index (χ4n) is 10.9. The number of allylic oxidation sites excluding steroid dienone is 1. The first-order valence-electron chi connectivity index (χ1n) is 31.0. The van der Waals surface area contributed by atoms with Crippen molar-refractivity contribution in [2.75, 3.05) is 26.4 Å². The van der Waals surface area contributed by atoms with Gasteiger partial charge in [-0.2, -0.15) is 0 Å². The van der Waals surface area contributed by atoms with Crippen LogP contribution in [-0.4, -0.2) is 210 Å². The monoisotopic (exact) mass is 1200 g/mol. The third-order valence-electron chi connectivity index (χ3n) is 15.9. The zero-order chi connectivity index (χ0) is 60.5. The predicted molar refractivity (Wildman–Crippen MR) is 299 cm³/mol. The maximum atomic E-state index is 13.4. The smallest absolute Gasteiger partial charge is 0.544 e. The molecule has 0 aromatic rings. The molecule has 3 saturated heterocycles. The van der Waals surface area contributed by atoms with E-state index in [-0.39, 0.29) is 41.9 Å². The Hall–Kier alpha value is -1.53. The molecule has 0 aliphatic carbocycles. The molecule has 18 unspecified atom stereocenters. The number of nitrogens with one attached hydrogen (secondary N) is 2. The molecule has 0 bridgehead atoms. The first-order chi connectivity index (χ1) is 39.4. The number of aliphatic carboxylic acids is 1. The molecule has 480 valence electrons. The number of hydrogen-bond acceptors (Lipinski definition) is 21. The minimum absolute atomic E-state index is 0. The van der Waals surface area contributed by atoms with E-state index < -0.39 is 155 Å². The van der Waals surface area contributed by atoms with E-state index >= 15 is 0 Å². The van der Waals surface area contributed by atoms with Gasteiger partial charge in [0, 0.05) is 19.8 Å². The summed E-state index contributed by atoms with van der Waals surface area (Å²) >= 11 is 0. The van der Waals surface area contributed by atoms with Crippen LogP contribution in [0.1, 0.15) is 207 Å². The molecule has 3 fully saturated rings. The van der Waals surface area contributed by atoms with Crippen LogP contribution in [0.3, 0.4) is 0 Å². The van der Waals surface area contributed by atoms with Gasteiger partial charge in [0.1, 0.15) is 73.1 Å². The molecule has 0 aromatic carbocycles. The van der Waals surface area contributed by atoms with Crippen molar-refractivity contribution in [2.24, 2.45) is 0 Å². The van der Waals surface area contributed by atoms with Gasteiger partial charge in [0.25, 0.3) is 0 Å². The van der Waals surface area contributed by atoms with Gasteiger partial charge in [-0.3, -0.25) is 9.59 Å². The Morgan fingerprint density at radius 1 is 0.651 bits per heavy atom. The zero-order valence-corrected chi connectivity index (χ0v) is 52.3. The fourth-order valence-corrected chi connectivity index (χ4v) is 10.9.